The van der Waals surface area contributed by atoms with E-state index in [9.17, 15) is 14.4 Å². The van der Waals surface area contributed by atoms with Crippen molar-refractivity contribution in [2.75, 3.05) is 25.6 Å². The highest BCUT2D eigenvalue weighted by atomic mass is 35.5. The van der Waals surface area contributed by atoms with E-state index in [1.165, 1.54) is 13.2 Å². The summed E-state index contributed by atoms with van der Waals surface area (Å²) in [7, 11) is 1.47. The molecule has 9 heteroatoms. The Morgan fingerprint density at radius 2 is 1.94 bits per heavy atom. The molecule has 0 spiro atoms. The van der Waals surface area contributed by atoms with Crippen molar-refractivity contribution in [1.29, 1.82) is 0 Å². The van der Waals surface area contributed by atoms with Crippen LogP contribution >= 0.6 is 11.6 Å². The second-order valence-electron chi connectivity index (χ2n) is 6.76. The molecule has 0 bridgehead atoms. The molecule has 0 atom stereocenters. The van der Waals surface area contributed by atoms with Crippen molar-refractivity contribution in [2.24, 2.45) is 0 Å². The third-order valence-corrected chi connectivity index (χ3v) is 4.73. The first-order chi connectivity index (χ1) is 14.8. The SMILES string of the molecule is CCOc1c(Cl)cc(/C=C2/NC(=O)N(CC(=O)Nc3ccc(C)cc3)C2=O)cc1OC. The maximum atomic E-state index is 12.7. The van der Waals surface area contributed by atoms with Crippen LogP contribution in [0.2, 0.25) is 5.02 Å². The number of ether oxygens (including phenoxy) is 2. The van der Waals surface area contributed by atoms with Crippen molar-refractivity contribution in [3.8, 4) is 11.5 Å². The number of anilines is 1. The molecule has 0 aliphatic carbocycles. The lowest BCUT2D eigenvalue weighted by Crippen LogP contribution is -2.38. The Balaban J connectivity index is 1.75. The Kier molecular flexibility index (Phi) is 6.81. The lowest BCUT2D eigenvalue weighted by atomic mass is 10.1. The molecule has 0 radical (unpaired) electrons. The van der Waals surface area contributed by atoms with E-state index in [0.717, 1.165) is 10.5 Å². The number of nitrogens with zero attached hydrogens (tertiary/aromatic N) is 1. The van der Waals surface area contributed by atoms with Crippen LogP contribution in [0.3, 0.4) is 0 Å². The molecule has 3 rings (SSSR count). The number of hydrogen-bond acceptors (Lipinski definition) is 5. The molecule has 1 saturated heterocycles. The van der Waals surface area contributed by atoms with Gasteiger partial charge in [0.2, 0.25) is 5.91 Å². The van der Waals surface area contributed by atoms with Gasteiger partial charge in [-0.2, -0.15) is 0 Å². The summed E-state index contributed by atoms with van der Waals surface area (Å²) in [5, 5.41) is 5.45. The number of carbonyl (C=O) groups is 3. The van der Waals surface area contributed by atoms with Crippen LogP contribution < -0.4 is 20.1 Å². The average molecular weight is 444 g/mol. The van der Waals surface area contributed by atoms with Crippen molar-refractivity contribution in [3.05, 3.63) is 58.2 Å². The predicted molar refractivity (Wildman–Crippen MR) is 117 cm³/mol. The van der Waals surface area contributed by atoms with Crippen LogP contribution in [0.4, 0.5) is 10.5 Å². The van der Waals surface area contributed by atoms with Gasteiger partial charge in [0, 0.05) is 5.69 Å². The molecule has 2 N–H and O–H groups in total. The molecule has 0 saturated carbocycles. The minimum absolute atomic E-state index is 0.0235. The summed E-state index contributed by atoms with van der Waals surface area (Å²) in [5.74, 6) is -0.315. The van der Waals surface area contributed by atoms with Gasteiger partial charge in [-0.05, 0) is 49.8 Å². The summed E-state index contributed by atoms with van der Waals surface area (Å²) in [6.07, 6.45) is 1.46. The van der Waals surface area contributed by atoms with Gasteiger partial charge in [-0.1, -0.05) is 29.3 Å². The molecule has 1 aliphatic heterocycles. The highest BCUT2D eigenvalue weighted by molar-refractivity contribution is 6.32. The normalized spacial score (nSPS) is 14.6. The van der Waals surface area contributed by atoms with Crippen molar-refractivity contribution >= 4 is 41.2 Å². The molecule has 162 valence electrons. The van der Waals surface area contributed by atoms with Crippen molar-refractivity contribution < 1.29 is 23.9 Å². The fraction of sp³-hybridized carbons (Fsp3) is 0.227. The van der Waals surface area contributed by atoms with E-state index in [1.807, 2.05) is 26.0 Å². The molecule has 1 heterocycles. The summed E-state index contributed by atoms with van der Waals surface area (Å²) < 4.78 is 10.8. The predicted octanol–water partition coefficient (Wildman–Crippen LogP) is 3.59. The molecule has 2 aromatic carbocycles. The molecule has 0 unspecified atom stereocenters. The lowest BCUT2D eigenvalue weighted by Gasteiger charge is -2.12. The van der Waals surface area contributed by atoms with Crippen LogP contribution in [0.15, 0.2) is 42.1 Å². The van der Waals surface area contributed by atoms with Crippen LogP contribution in [-0.4, -0.2) is 43.0 Å². The van der Waals surface area contributed by atoms with Gasteiger partial charge in [0.1, 0.15) is 12.2 Å². The molecule has 8 nitrogen and oxygen atoms in total. The number of amides is 4. The van der Waals surface area contributed by atoms with E-state index >= 15 is 0 Å². The highest BCUT2D eigenvalue weighted by Gasteiger charge is 2.35. The standard InChI is InChI=1S/C22H22ClN3O5/c1-4-31-20-16(23)9-14(11-18(20)30-3)10-17-21(28)26(22(29)25-17)12-19(27)24-15-7-5-13(2)6-8-15/h5-11H,4,12H2,1-3H3,(H,24,27)(H,25,29)/b17-10+. The monoisotopic (exact) mass is 443 g/mol. The fourth-order valence-corrected chi connectivity index (χ4v) is 3.24. The van der Waals surface area contributed by atoms with Crippen LogP contribution in [-0.2, 0) is 9.59 Å². The fourth-order valence-electron chi connectivity index (χ4n) is 2.97. The number of methoxy groups -OCH3 is 1. The molecule has 4 amide bonds. The Hall–Kier alpha value is -3.52. The van der Waals surface area contributed by atoms with Gasteiger partial charge in [0.05, 0.1) is 18.7 Å². The molecule has 1 fully saturated rings. The number of aryl methyl sites for hydroxylation is 1. The largest absolute Gasteiger partial charge is 0.493 e. The van der Waals surface area contributed by atoms with Gasteiger partial charge >= 0.3 is 6.03 Å². The maximum absolute atomic E-state index is 12.7. The average Bonchev–Trinajstić information content (AvgIpc) is 2.98. The molecule has 1 aliphatic rings. The Morgan fingerprint density at radius 1 is 1.23 bits per heavy atom. The van der Waals surface area contributed by atoms with Gasteiger partial charge in [-0.15, -0.1) is 0 Å². The number of halogens is 1. The molecular formula is C22H22ClN3O5. The zero-order valence-corrected chi connectivity index (χ0v) is 18.1. The van der Waals surface area contributed by atoms with E-state index in [-0.39, 0.29) is 5.70 Å². The second-order valence-corrected chi connectivity index (χ2v) is 7.17. The first-order valence-electron chi connectivity index (χ1n) is 9.53. The second kappa shape index (κ2) is 9.53. The van der Waals surface area contributed by atoms with E-state index in [2.05, 4.69) is 10.6 Å². The smallest absolute Gasteiger partial charge is 0.329 e. The van der Waals surface area contributed by atoms with Crippen LogP contribution in [0.1, 0.15) is 18.1 Å². The molecular weight excluding hydrogens is 422 g/mol. The summed E-state index contributed by atoms with van der Waals surface area (Å²) in [6.45, 7) is 3.75. The molecule has 31 heavy (non-hydrogen) atoms. The van der Waals surface area contributed by atoms with E-state index < -0.39 is 24.4 Å². The number of carbonyl (C=O) groups excluding carboxylic acids is 3. The number of imide groups is 1. The van der Waals surface area contributed by atoms with Crippen LogP contribution in [0, 0.1) is 6.92 Å². The van der Waals surface area contributed by atoms with E-state index in [0.29, 0.717) is 34.4 Å². The van der Waals surface area contributed by atoms with Crippen molar-refractivity contribution in [3.63, 3.8) is 0 Å². The van der Waals surface area contributed by atoms with Gasteiger partial charge < -0.3 is 20.1 Å². The summed E-state index contributed by atoms with van der Waals surface area (Å²) >= 11 is 6.26. The van der Waals surface area contributed by atoms with Gasteiger partial charge in [-0.25, -0.2) is 9.69 Å². The first-order valence-corrected chi connectivity index (χ1v) is 9.91. The minimum Gasteiger partial charge on any atom is -0.493 e. The summed E-state index contributed by atoms with van der Waals surface area (Å²) in [5.41, 5.74) is 2.18. The highest BCUT2D eigenvalue weighted by Crippen LogP contribution is 2.37. The summed E-state index contributed by atoms with van der Waals surface area (Å²) in [4.78, 5) is 38.0. The van der Waals surface area contributed by atoms with Crippen molar-refractivity contribution in [1.82, 2.24) is 10.2 Å². The Bertz CT molecular complexity index is 1050. The van der Waals surface area contributed by atoms with E-state index in [4.69, 9.17) is 21.1 Å². The minimum atomic E-state index is -0.681. The number of hydrogen-bond donors (Lipinski definition) is 2. The first kappa shape index (κ1) is 22.2. The number of rotatable bonds is 7. The number of urea groups is 1. The maximum Gasteiger partial charge on any atom is 0.329 e. The molecule has 2 aromatic rings. The van der Waals surface area contributed by atoms with Gasteiger partial charge in [0.25, 0.3) is 5.91 Å². The third kappa shape index (κ3) is 5.16. The van der Waals surface area contributed by atoms with E-state index in [1.54, 1.807) is 24.3 Å². The van der Waals surface area contributed by atoms with Gasteiger partial charge in [0.15, 0.2) is 11.5 Å². The Labute approximate surface area is 184 Å². The summed E-state index contributed by atoms with van der Waals surface area (Å²) in [6, 6.07) is 9.73. The number of nitrogens with one attached hydrogen (secondary N) is 2. The van der Waals surface area contributed by atoms with Crippen LogP contribution in [0.5, 0.6) is 11.5 Å². The quantitative estimate of drug-likeness (QED) is 0.503. The van der Waals surface area contributed by atoms with Crippen LogP contribution in [0.25, 0.3) is 6.08 Å². The van der Waals surface area contributed by atoms with Gasteiger partial charge in [-0.3, -0.25) is 9.59 Å². The van der Waals surface area contributed by atoms with Crippen molar-refractivity contribution in [2.45, 2.75) is 13.8 Å². The topological polar surface area (TPSA) is 97.0 Å². The molecule has 0 aromatic heterocycles. The third-order valence-electron chi connectivity index (χ3n) is 4.45. The zero-order chi connectivity index (χ0) is 22.5. The zero-order valence-electron chi connectivity index (χ0n) is 17.3. The lowest BCUT2D eigenvalue weighted by molar-refractivity contribution is -0.127. The number of benzene rings is 2. The Morgan fingerprint density at radius 3 is 2.58 bits per heavy atom.